The Balaban J connectivity index is 2.17. The molecule has 1 aromatic heterocycles. The van der Waals surface area contributed by atoms with Gasteiger partial charge in [0.05, 0.1) is 0 Å². The van der Waals surface area contributed by atoms with E-state index < -0.39 is 18.0 Å². The fraction of sp³-hybridized carbons (Fsp3) is 0.231. The topological polar surface area (TPSA) is 124 Å². The van der Waals surface area contributed by atoms with E-state index in [0.717, 1.165) is 4.68 Å². The number of hydrogen-bond acceptors (Lipinski definition) is 6. The molecule has 0 saturated carbocycles. The number of benzene rings is 1. The second-order valence-electron chi connectivity index (χ2n) is 4.62. The van der Waals surface area contributed by atoms with Crippen molar-refractivity contribution in [1.29, 1.82) is 0 Å². The van der Waals surface area contributed by atoms with Gasteiger partial charge in [-0.15, -0.1) is 5.10 Å². The fourth-order valence-corrected chi connectivity index (χ4v) is 2.13. The molecule has 0 bridgehead atoms. The summed E-state index contributed by atoms with van der Waals surface area (Å²) >= 11 is 0. The maximum Gasteiger partial charge on any atom is 0.358 e. The average Bonchev–Trinajstić information content (AvgIpc) is 3.11. The minimum Gasteiger partial charge on any atom is -0.480 e. The molecule has 3 rings (SSSR count). The molecule has 0 spiro atoms. The van der Waals surface area contributed by atoms with Gasteiger partial charge in [-0.2, -0.15) is 0 Å². The molecule has 2 heterocycles. The molecule has 0 saturated heterocycles. The highest BCUT2D eigenvalue weighted by Crippen LogP contribution is 2.37. The summed E-state index contributed by atoms with van der Waals surface area (Å²) in [5.74, 6) is -1.46. The number of rotatable bonds is 4. The van der Waals surface area contributed by atoms with Gasteiger partial charge in [-0.05, 0) is 25.1 Å². The summed E-state index contributed by atoms with van der Waals surface area (Å²) in [7, 11) is 0. The van der Waals surface area contributed by atoms with E-state index in [4.69, 9.17) is 14.6 Å². The number of aromatic nitrogens is 3. The van der Waals surface area contributed by atoms with Crippen molar-refractivity contribution in [2.24, 2.45) is 0 Å². The van der Waals surface area contributed by atoms with Crippen LogP contribution in [0.25, 0.3) is 11.3 Å². The Labute approximate surface area is 123 Å². The van der Waals surface area contributed by atoms with E-state index in [1.165, 1.54) is 6.92 Å². The van der Waals surface area contributed by atoms with Crippen LogP contribution in [0.4, 0.5) is 0 Å². The zero-order valence-electron chi connectivity index (χ0n) is 11.4. The lowest BCUT2D eigenvalue weighted by Crippen LogP contribution is -2.18. The van der Waals surface area contributed by atoms with Crippen molar-refractivity contribution < 1.29 is 29.3 Å². The van der Waals surface area contributed by atoms with Gasteiger partial charge in [-0.1, -0.05) is 5.21 Å². The van der Waals surface area contributed by atoms with E-state index in [0.29, 0.717) is 17.1 Å². The van der Waals surface area contributed by atoms with Crippen molar-refractivity contribution in [1.82, 2.24) is 15.0 Å². The maximum absolute atomic E-state index is 11.3. The van der Waals surface area contributed by atoms with Crippen LogP contribution in [0.15, 0.2) is 18.2 Å². The summed E-state index contributed by atoms with van der Waals surface area (Å²) in [6.07, 6.45) is 0. The Morgan fingerprint density at radius 2 is 2.00 bits per heavy atom. The van der Waals surface area contributed by atoms with E-state index >= 15 is 0 Å². The molecule has 22 heavy (non-hydrogen) atoms. The van der Waals surface area contributed by atoms with Crippen molar-refractivity contribution in [2.75, 3.05) is 6.79 Å². The quantitative estimate of drug-likeness (QED) is 0.857. The van der Waals surface area contributed by atoms with Gasteiger partial charge >= 0.3 is 11.9 Å². The molecular formula is C13H11N3O6. The number of aliphatic carboxylic acids is 1. The highest BCUT2D eigenvalue weighted by molar-refractivity contribution is 5.93. The molecule has 0 aliphatic carbocycles. The highest BCUT2D eigenvalue weighted by Gasteiger charge is 2.27. The number of ether oxygens (including phenoxy) is 2. The average molecular weight is 305 g/mol. The Hall–Kier alpha value is -3.10. The molecule has 1 aliphatic heterocycles. The molecule has 2 N–H and O–H groups in total. The molecule has 0 fully saturated rings. The SMILES string of the molecule is CC(C(=O)O)n1nnc(C(=O)O)c1-c1ccc2c(c1)OCO2. The summed E-state index contributed by atoms with van der Waals surface area (Å²) in [6, 6.07) is 3.72. The molecule has 1 aromatic carbocycles. The van der Waals surface area contributed by atoms with Crippen LogP contribution in [-0.4, -0.2) is 43.9 Å². The summed E-state index contributed by atoms with van der Waals surface area (Å²) < 4.78 is 11.5. The molecule has 0 amide bonds. The third-order valence-electron chi connectivity index (χ3n) is 3.27. The van der Waals surface area contributed by atoms with E-state index in [9.17, 15) is 14.7 Å². The lowest BCUT2D eigenvalue weighted by molar-refractivity contribution is -0.140. The first kappa shape index (κ1) is 13.9. The normalized spacial score (nSPS) is 13.9. The molecule has 9 heteroatoms. The Bertz CT molecular complexity index is 769. The molecule has 1 aliphatic rings. The Morgan fingerprint density at radius 3 is 2.68 bits per heavy atom. The zero-order valence-corrected chi connectivity index (χ0v) is 11.4. The van der Waals surface area contributed by atoms with Gasteiger partial charge < -0.3 is 19.7 Å². The van der Waals surface area contributed by atoms with Crippen molar-refractivity contribution in [3.63, 3.8) is 0 Å². The van der Waals surface area contributed by atoms with Crippen LogP contribution in [0, 0.1) is 0 Å². The maximum atomic E-state index is 11.3. The standard InChI is InChI=1S/C13H11N3O6/c1-6(12(17)18)16-11(10(13(19)20)14-15-16)7-2-3-8-9(4-7)22-5-21-8/h2-4,6H,5H2,1H3,(H,17,18)(H,19,20). The van der Waals surface area contributed by atoms with Gasteiger partial charge in [-0.25, -0.2) is 14.3 Å². The number of carbonyl (C=O) groups is 2. The second-order valence-corrected chi connectivity index (χ2v) is 4.62. The van der Waals surface area contributed by atoms with Gasteiger partial charge in [0, 0.05) is 5.56 Å². The minimum absolute atomic E-state index is 0.0770. The molecule has 0 radical (unpaired) electrons. The van der Waals surface area contributed by atoms with E-state index in [-0.39, 0.29) is 18.2 Å². The smallest absolute Gasteiger partial charge is 0.358 e. The summed E-state index contributed by atoms with van der Waals surface area (Å²) in [5.41, 5.74) is 0.201. The number of aromatic carboxylic acids is 1. The van der Waals surface area contributed by atoms with Gasteiger partial charge in [0.15, 0.2) is 17.2 Å². The van der Waals surface area contributed by atoms with E-state index in [2.05, 4.69) is 10.3 Å². The van der Waals surface area contributed by atoms with E-state index in [1.807, 2.05) is 0 Å². The van der Waals surface area contributed by atoms with E-state index in [1.54, 1.807) is 18.2 Å². The Kier molecular flexibility index (Phi) is 3.17. The monoisotopic (exact) mass is 305 g/mol. The highest BCUT2D eigenvalue weighted by atomic mass is 16.7. The predicted octanol–water partition coefficient (Wildman–Crippen LogP) is 1.02. The third kappa shape index (κ3) is 2.12. The fourth-order valence-electron chi connectivity index (χ4n) is 2.13. The van der Waals surface area contributed by atoms with Gasteiger partial charge in [-0.3, -0.25) is 0 Å². The molecule has 1 unspecified atom stereocenters. The Morgan fingerprint density at radius 1 is 1.27 bits per heavy atom. The molecule has 2 aromatic rings. The zero-order chi connectivity index (χ0) is 15.9. The predicted molar refractivity (Wildman–Crippen MR) is 70.9 cm³/mol. The van der Waals surface area contributed by atoms with Crippen LogP contribution >= 0.6 is 0 Å². The first-order valence-electron chi connectivity index (χ1n) is 6.30. The second kappa shape index (κ2) is 5.02. The summed E-state index contributed by atoms with van der Waals surface area (Å²) in [4.78, 5) is 22.5. The van der Waals surface area contributed by atoms with Gasteiger partial charge in [0.1, 0.15) is 11.7 Å². The molecule has 114 valence electrons. The number of hydrogen-bond donors (Lipinski definition) is 2. The van der Waals surface area contributed by atoms with Crippen molar-refractivity contribution in [2.45, 2.75) is 13.0 Å². The lowest BCUT2D eigenvalue weighted by Gasteiger charge is -2.11. The first-order chi connectivity index (χ1) is 10.5. The molecular weight excluding hydrogens is 294 g/mol. The first-order valence-corrected chi connectivity index (χ1v) is 6.30. The van der Waals surface area contributed by atoms with Gasteiger partial charge in [0.2, 0.25) is 6.79 Å². The van der Waals surface area contributed by atoms with Crippen molar-refractivity contribution >= 4 is 11.9 Å². The minimum atomic E-state index is -1.29. The van der Waals surface area contributed by atoms with Crippen LogP contribution in [-0.2, 0) is 4.79 Å². The van der Waals surface area contributed by atoms with Gasteiger partial charge in [0.25, 0.3) is 0 Å². The van der Waals surface area contributed by atoms with Crippen LogP contribution < -0.4 is 9.47 Å². The van der Waals surface area contributed by atoms with Crippen LogP contribution in [0.2, 0.25) is 0 Å². The molecule has 9 nitrogen and oxygen atoms in total. The van der Waals surface area contributed by atoms with Crippen LogP contribution in [0.5, 0.6) is 11.5 Å². The molecule has 1 atom stereocenters. The van der Waals surface area contributed by atoms with Crippen molar-refractivity contribution in [3.05, 3.63) is 23.9 Å². The number of nitrogens with zero attached hydrogens (tertiary/aromatic N) is 3. The van der Waals surface area contributed by atoms with Crippen LogP contribution in [0.3, 0.4) is 0 Å². The lowest BCUT2D eigenvalue weighted by atomic mass is 10.1. The van der Waals surface area contributed by atoms with Crippen molar-refractivity contribution in [3.8, 4) is 22.8 Å². The number of carboxylic acids is 2. The summed E-state index contributed by atoms with van der Waals surface area (Å²) in [5, 5.41) is 25.6. The third-order valence-corrected chi connectivity index (χ3v) is 3.27. The van der Waals surface area contributed by atoms with Crippen LogP contribution in [0.1, 0.15) is 23.5 Å². The number of carboxylic acid groups (broad SMARTS) is 2. The largest absolute Gasteiger partial charge is 0.480 e. The summed E-state index contributed by atoms with van der Waals surface area (Å²) in [6.45, 7) is 1.47. The number of fused-ring (bicyclic) bond motifs is 1.